The van der Waals surface area contributed by atoms with Crippen LogP contribution >= 0.6 is 0 Å². The van der Waals surface area contributed by atoms with Crippen LogP contribution in [0.25, 0.3) is 0 Å². The van der Waals surface area contributed by atoms with Gasteiger partial charge < -0.3 is 9.84 Å². The van der Waals surface area contributed by atoms with Crippen molar-refractivity contribution in [3.05, 3.63) is 65.7 Å². The average Bonchev–Trinajstić information content (AvgIpc) is 3.03. The standard InChI is InChI=1S/C17H20N2O2/c20-11-15-10-17(19-18-15)14-6-8-16(9-7-14)21-12-13-4-2-1-3-5-13/h1-9,15,17-20H,10-12H2. The second kappa shape index (κ2) is 6.72. The van der Waals surface area contributed by atoms with Gasteiger partial charge in [-0.25, -0.2) is 5.43 Å². The summed E-state index contributed by atoms with van der Waals surface area (Å²) < 4.78 is 5.78. The van der Waals surface area contributed by atoms with Crippen molar-refractivity contribution in [1.82, 2.24) is 10.9 Å². The Morgan fingerprint density at radius 3 is 2.43 bits per heavy atom. The first kappa shape index (κ1) is 14.1. The average molecular weight is 284 g/mol. The number of hydrogen-bond donors (Lipinski definition) is 3. The lowest BCUT2D eigenvalue weighted by Gasteiger charge is -2.11. The topological polar surface area (TPSA) is 53.5 Å². The van der Waals surface area contributed by atoms with Gasteiger partial charge in [-0.15, -0.1) is 0 Å². The first-order chi connectivity index (χ1) is 10.3. The second-order valence-corrected chi connectivity index (χ2v) is 5.30. The number of aliphatic hydroxyl groups excluding tert-OH is 1. The Morgan fingerprint density at radius 1 is 1.00 bits per heavy atom. The maximum atomic E-state index is 9.13. The minimum Gasteiger partial charge on any atom is -0.489 e. The van der Waals surface area contributed by atoms with Crippen molar-refractivity contribution in [3.63, 3.8) is 0 Å². The van der Waals surface area contributed by atoms with E-state index in [-0.39, 0.29) is 18.7 Å². The summed E-state index contributed by atoms with van der Waals surface area (Å²) >= 11 is 0. The SMILES string of the molecule is OCC1CC(c2ccc(OCc3ccccc3)cc2)NN1. The molecule has 4 nitrogen and oxygen atoms in total. The van der Waals surface area contributed by atoms with Gasteiger partial charge in [0.1, 0.15) is 12.4 Å². The zero-order chi connectivity index (χ0) is 14.5. The van der Waals surface area contributed by atoms with Crippen molar-refractivity contribution in [1.29, 1.82) is 0 Å². The monoisotopic (exact) mass is 284 g/mol. The summed E-state index contributed by atoms with van der Waals surface area (Å²) in [6, 6.07) is 18.6. The Bertz CT molecular complexity index is 557. The zero-order valence-electron chi connectivity index (χ0n) is 11.8. The Balaban J connectivity index is 1.57. The maximum absolute atomic E-state index is 9.13. The van der Waals surface area contributed by atoms with Gasteiger partial charge in [-0.2, -0.15) is 0 Å². The van der Waals surface area contributed by atoms with Gasteiger partial charge in [-0.3, -0.25) is 5.43 Å². The highest BCUT2D eigenvalue weighted by Crippen LogP contribution is 2.24. The molecule has 0 saturated carbocycles. The summed E-state index contributed by atoms with van der Waals surface area (Å²) in [6.45, 7) is 0.734. The third-order valence-corrected chi connectivity index (χ3v) is 3.73. The van der Waals surface area contributed by atoms with Crippen LogP contribution in [0.2, 0.25) is 0 Å². The second-order valence-electron chi connectivity index (χ2n) is 5.30. The molecule has 0 aliphatic carbocycles. The molecule has 0 amide bonds. The van der Waals surface area contributed by atoms with Crippen LogP contribution in [0.15, 0.2) is 54.6 Å². The van der Waals surface area contributed by atoms with Gasteiger partial charge in [0, 0.05) is 12.1 Å². The molecule has 0 radical (unpaired) electrons. The first-order valence-corrected chi connectivity index (χ1v) is 7.24. The highest BCUT2D eigenvalue weighted by molar-refractivity contribution is 5.30. The highest BCUT2D eigenvalue weighted by Gasteiger charge is 2.23. The number of ether oxygens (including phenoxy) is 1. The van der Waals surface area contributed by atoms with E-state index >= 15 is 0 Å². The van der Waals surface area contributed by atoms with E-state index in [4.69, 9.17) is 9.84 Å². The molecule has 0 aromatic heterocycles. The van der Waals surface area contributed by atoms with Gasteiger partial charge in [0.05, 0.1) is 6.61 Å². The van der Waals surface area contributed by atoms with Crippen LogP contribution in [0, 0.1) is 0 Å². The summed E-state index contributed by atoms with van der Waals surface area (Å²) in [5.41, 5.74) is 8.65. The van der Waals surface area contributed by atoms with Gasteiger partial charge in [-0.1, -0.05) is 42.5 Å². The van der Waals surface area contributed by atoms with Crippen molar-refractivity contribution in [2.75, 3.05) is 6.61 Å². The zero-order valence-corrected chi connectivity index (χ0v) is 11.8. The van der Waals surface area contributed by atoms with E-state index in [1.54, 1.807) is 0 Å². The van der Waals surface area contributed by atoms with E-state index in [9.17, 15) is 0 Å². The highest BCUT2D eigenvalue weighted by atomic mass is 16.5. The summed E-state index contributed by atoms with van der Waals surface area (Å²) in [5, 5.41) is 9.13. The normalized spacial score (nSPS) is 21.4. The number of nitrogens with one attached hydrogen (secondary N) is 2. The van der Waals surface area contributed by atoms with Crippen LogP contribution in [-0.2, 0) is 6.61 Å². The molecular weight excluding hydrogens is 264 g/mol. The Hall–Kier alpha value is -1.88. The summed E-state index contributed by atoms with van der Waals surface area (Å²) in [5.74, 6) is 0.868. The van der Waals surface area contributed by atoms with Gasteiger partial charge in [0.25, 0.3) is 0 Å². The molecule has 0 bridgehead atoms. The number of hydrazine groups is 1. The van der Waals surface area contributed by atoms with Crippen molar-refractivity contribution in [3.8, 4) is 5.75 Å². The number of rotatable bonds is 5. The summed E-state index contributed by atoms with van der Waals surface area (Å²) in [4.78, 5) is 0. The van der Waals surface area contributed by atoms with Crippen molar-refractivity contribution in [2.24, 2.45) is 0 Å². The minimum absolute atomic E-state index is 0.129. The van der Waals surface area contributed by atoms with E-state index in [0.29, 0.717) is 6.61 Å². The van der Waals surface area contributed by atoms with Crippen LogP contribution in [0.5, 0.6) is 5.75 Å². The Labute approximate surface area is 124 Å². The molecule has 1 aliphatic heterocycles. The van der Waals surface area contributed by atoms with Crippen molar-refractivity contribution in [2.45, 2.75) is 25.1 Å². The van der Waals surface area contributed by atoms with Crippen LogP contribution < -0.4 is 15.6 Å². The molecular formula is C17H20N2O2. The Morgan fingerprint density at radius 2 is 1.76 bits per heavy atom. The predicted octanol–water partition coefficient (Wildman–Crippen LogP) is 2.17. The van der Waals surface area contributed by atoms with Gasteiger partial charge >= 0.3 is 0 Å². The molecule has 1 heterocycles. The lowest BCUT2D eigenvalue weighted by molar-refractivity contribution is 0.251. The molecule has 1 fully saturated rings. The molecule has 2 aromatic carbocycles. The predicted molar refractivity (Wildman–Crippen MR) is 81.7 cm³/mol. The molecule has 2 unspecified atom stereocenters. The fourth-order valence-electron chi connectivity index (χ4n) is 2.50. The van der Waals surface area contributed by atoms with Gasteiger partial charge in [-0.05, 0) is 29.7 Å². The van der Waals surface area contributed by atoms with Crippen molar-refractivity contribution >= 4 is 0 Å². The van der Waals surface area contributed by atoms with Gasteiger partial charge in [0.2, 0.25) is 0 Å². The van der Waals surface area contributed by atoms with Crippen LogP contribution in [0.4, 0.5) is 0 Å². The lowest BCUT2D eigenvalue weighted by Crippen LogP contribution is -2.32. The molecule has 1 saturated heterocycles. The quantitative estimate of drug-likeness (QED) is 0.787. The fraction of sp³-hybridized carbons (Fsp3) is 0.294. The number of hydrogen-bond acceptors (Lipinski definition) is 4. The van der Waals surface area contributed by atoms with E-state index < -0.39 is 0 Å². The molecule has 3 rings (SSSR count). The molecule has 21 heavy (non-hydrogen) atoms. The summed E-state index contributed by atoms with van der Waals surface area (Å²) in [7, 11) is 0. The fourth-order valence-corrected chi connectivity index (χ4v) is 2.50. The number of aliphatic hydroxyl groups is 1. The molecule has 1 aliphatic rings. The maximum Gasteiger partial charge on any atom is 0.119 e. The van der Waals surface area contributed by atoms with E-state index in [2.05, 4.69) is 35.1 Å². The lowest BCUT2D eigenvalue weighted by atomic mass is 10.0. The molecule has 2 aromatic rings. The van der Waals surface area contributed by atoms with Crippen LogP contribution in [0.3, 0.4) is 0 Å². The molecule has 2 atom stereocenters. The first-order valence-electron chi connectivity index (χ1n) is 7.24. The van der Waals surface area contributed by atoms with E-state index in [1.165, 1.54) is 5.56 Å². The molecule has 4 heteroatoms. The Kier molecular flexibility index (Phi) is 4.50. The minimum atomic E-state index is 0.129. The third-order valence-electron chi connectivity index (χ3n) is 3.73. The van der Waals surface area contributed by atoms with E-state index in [1.807, 2.05) is 30.3 Å². The number of benzene rings is 2. The van der Waals surface area contributed by atoms with Gasteiger partial charge in [0.15, 0.2) is 0 Å². The molecule has 3 N–H and O–H groups in total. The van der Waals surface area contributed by atoms with Crippen molar-refractivity contribution < 1.29 is 9.84 Å². The van der Waals surface area contributed by atoms with E-state index in [0.717, 1.165) is 17.7 Å². The third kappa shape index (κ3) is 3.61. The molecule has 0 spiro atoms. The molecule has 110 valence electrons. The smallest absolute Gasteiger partial charge is 0.119 e. The summed E-state index contributed by atoms with van der Waals surface area (Å²) in [6.07, 6.45) is 0.890. The van der Waals surface area contributed by atoms with Crippen LogP contribution in [-0.4, -0.2) is 17.8 Å². The largest absolute Gasteiger partial charge is 0.489 e. The van der Waals surface area contributed by atoms with Crippen LogP contribution in [0.1, 0.15) is 23.6 Å².